The zero-order valence-corrected chi connectivity index (χ0v) is 19.1. The van der Waals surface area contributed by atoms with E-state index in [1.54, 1.807) is 12.1 Å². The van der Waals surface area contributed by atoms with E-state index >= 15 is 0 Å². The van der Waals surface area contributed by atoms with Gasteiger partial charge in [-0.1, -0.05) is 0 Å². The molecule has 9 nitrogen and oxygen atoms in total. The Bertz CT molecular complexity index is 1020. The molecule has 1 saturated heterocycles. The average molecular weight is 456 g/mol. The maximum atomic E-state index is 12.3. The third-order valence-corrected chi connectivity index (χ3v) is 5.36. The van der Waals surface area contributed by atoms with Crippen molar-refractivity contribution in [3.05, 3.63) is 47.5 Å². The first-order valence-electron chi connectivity index (χ1n) is 10.7. The van der Waals surface area contributed by atoms with Gasteiger partial charge < -0.3 is 29.7 Å². The van der Waals surface area contributed by atoms with Gasteiger partial charge in [-0.2, -0.15) is 0 Å². The lowest BCUT2D eigenvalue weighted by Crippen LogP contribution is -2.32. The maximum Gasteiger partial charge on any atom is 0.325 e. The number of ether oxygens (including phenoxy) is 3. The lowest BCUT2D eigenvalue weighted by atomic mass is 10.1. The molecule has 1 aliphatic rings. The van der Waals surface area contributed by atoms with Crippen LogP contribution in [0.25, 0.3) is 0 Å². The summed E-state index contributed by atoms with van der Waals surface area (Å²) in [6.07, 6.45) is 2.38. The monoisotopic (exact) mass is 455 g/mol. The number of benzene rings is 2. The van der Waals surface area contributed by atoms with Gasteiger partial charge in [0.05, 0.1) is 14.2 Å². The molecule has 2 aromatic rings. The van der Waals surface area contributed by atoms with Crippen molar-refractivity contribution in [1.82, 2.24) is 5.32 Å². The van der Waals surface area contributed by atoms with E-state index in [-0.39, 0.29) is 6.54 Å². The predicted octanol–water partition coefficient (Wildman–Crippen LogP) is 2.52. The van der Waals surface area contributed by atoms with Gasteiger partial charge in [0.2, 0.25) is 0 Å². The Morgan fingerprint density at radius 2 is 1.70 bits per heavy atom. The van der Waals surface area contributed by atoms with Crippen LogP contribution in [0.1, 0.15) is 28.8 Å². The molecular formula is C24H29N3O6. The molecular weight excluding hydrogens is 426 g/mol. The van der Waals surface area contributed by atoms with E-state index in [0.29, 0.717) is 22.7 Å². The number of hydrogen-bond donors (Lipinski definition) is 2. The van der Waals surface area contributed by atoms with Gasteiger partial charge in [0.25, 0.3) is 11.8 Å². The second kappa shape index (κ2) is 11.2. The number of anilines is 2. The van der Waals surface area contributed by atoms with Gasteiger partial charge in [0.1, 0.15) is 6.54 Å². The molecule has 0 aliphatic carbocycles. The summed E-state index contributed by atoms with van der Waals surface area (Å²) in [6, 6.07) is 10.5. The van der Waals surface area contributed by atoms with E-state index in [4.69, 9.17) is 14.2 Å². The zero-order valence-electron chi connectivity index (χ0n) is 19.1. The van der Waals surface area contributed by atoms with Gasteiger partial charge in [-0.3, -0.25) is 14.4 Å². The van der Waals surface area contributed by atoms with Gasteiger partial charge in [0, 0.05) is 30.0 Å². The van der Waals surface area contributed by atoms with Crippen molar-refractivity contribution in [1.29, 1.82) is 0 Å². The summed E-state index contributed by atoms with van der Waals surface area (Å²) in [7, 11) is 2.96. The molecule has 0 spiro atoms. The summed E-state index contributed by atoms with van der Waals surface area (Å²) in [5.74, 6) is -0.772. The molecule has 2 aromatic carbocycles. The Balaban J connectivity index is 1.44. The molecule has 0 unspecified atom stereocenters. The number of methoxy groups -OCH3 is 2. The lowest BCUT2D eigenvalue weighted by Gasteiger charge is -2.19. The molecule has 9 heteroatoms. The minimum Gasteiger partial charge on any atom is -0.493 e. The van der Waals surface area contributed by atoms with Crippen LogP contribution in [0.15, 0.2) is 36.4 Å². The van der Waals surface area contributed by atoms with Gasteiger partial charge >= 0.3 is 5.97 Å². The largest absolute Gasteiger partial charge is 0.493 e. The number of rotatable bonds is 9. The fraction of sp³-hybridized carbons (Fsp3) is 0.375. The molecule has 1 fully saturated rings. The smallest absolute Gasteiger partial charge is 0.325 e. The zero-order chi connectivity index (χ0) is 23.8. The highest BCUT2D eigenvalue weighted by molar-refractivity contribution is 5.97. The maximum absolute atomic E-state index is 12.3. The summed E-state index contributed by atoms with van der Waals surface area (Å²) in [6.45, 7) is 3.20. The Kier molecular flexibility index (Phi) is 8.12. The molecule has 3 rings (SSSR count). The van der Waals surface area contributed by atoms with Gasteiger partial charge in [-0.15, -0.1) is 0 Å². The van der Waals surface area contributed by atoms with Crippen molar-refractivity contribution >= 4 is 29.2 Å². The van der Waals surface area contributed by atoms with E-state index < -0.39 is 24.4 Å². The van der Waals surface area contributed by atoms with Gasteiger partial charge in [0.15, 0.2) is 18.1 Å². The van der Waals surface area contributed by atoms with Crippen LogP contribution < -0.4 is 25.0 Å². The molecule has 176 valence electrons. The molecule has 1 aliphatic heterocycles. The molecule has 2 N–H and O–H groups in total. The number of carbonyl (C=O) groups excluding carboxylic acids is 3. The molecule has 0 radical (unpaired) electrons. The number of esters is 1. The third kappa shape index (κ3) is 6.38. The Morgan fingerprint density at radius 1 is 0.970 bits per heavy atom. The fourth-order valence-electron chi connectivity index (χ4n) is 3.58. The summed E-state index contributed by atoms with van der Waals surface area (Å²) in [4.78, 5) is 38.7. The minimum atomic E-state index is -0.722. The molecule has 2 amide bonds. The van der Waals surface area contributed by atoms with Crippen LogP contribution in [0, 0.1) is 6.92 Å². The molecule has 0 bridgehead atoms. The normalized spacial score (nSPS) is 12.8. The van der Waals surface area contributed by atoms with E-state index in [0.717, 1.165) is 24.3 Å². The number of hydrogen-bond acceptors (Lipinski definition) is 7. The van der Waals surface area contributed by atoms with Crippen LogP contribution >= 0.6 is 0 Å². The average Bonchev–Trinajstić information content (AvgIpc) is 3.37. The number of nitrogens with one attached hydrogen (secondary N) is 2. The SMILES string of the molecule is COc1ccc(C(=O)NCC(=O)OCC(=O)Nc2ccc(N3CCCC3)cc2C)cc1OC. The Hall–Kier alpha value is -3.75. The third-order valence-electron chi connectivity index (χ3n) is 5.36. The number of carbonyl (C=O) groups is 3. The predicted molar refractivity (Wildman–Crippen MR) is 124 cm³/mol. The Morgan fingerprint density at radius 3 is 2.36 bits per heavy atom. The number of nitrogens with zero attached hydrogens (tertiary/aromatic N) is 1. The standard InChI is InChI=1S/C24H29N3O6/c1-16-12-18(27-10-4-5-11-27)7-8-19(16)26-22(28)15-33-23(29)14-25-24(30)17-6-9-20(31-2)21(13-17)32-3/h6-9,12-13H,4-5,10-11,14-15H2,1-3H3,(H,25,30)(H,26,28). The topological polar surface area (TPSA) is 106 Å². The van der Waals surface area contributed by atoms with Crippen molar-refractivity contribution in [2.75, 3.05) is 50.7 Å². The van der Waals surface area contributed by atoms with Crippen molar-refractivity contribution in [2.24, 2.45) is 0 Å². The van der Waals surface area contributed by atoms with Crippen molar-refractivity contribution in [2.45, 2.75) is 19.8 Å². The van der Waals surface area contributed by atoms with Crippen LogP contribution in [-0.2, 0) is 14.3 Å². The van der Waals surface area contributed by atoms with Gasteiger partial charge in [-0.25, -0.2) is 0 Å². The Labute approximate surface area is 193 Å². The van der Waals surface area contributed by atoms with Crippen molar-refractivity contribution in [3.8, 4) is 11.5 Å². The highest BCUT2D eigenvalue weighted by Gasteiger charge is 2.15. The highest BCUT2D eigenvalue weighted by Crippen LogP contribution is 2.27. The fourth-order valence-corrected chi connectivity index (χ4v) is 3.58. The molecule has 0 aromatic heterocycles. The van der Waals surface area contributed by atoms with Crippen LogP contribution in [0.5, 0.6) is 11.5 Å². The minimum absolute atomic E-state index is 0.297. The lowest BCUT2D eigenvalue weighted by molar-refractivity contribution is -0.146. The molecule has 0 saturated carbocycles. The summed E-state index contributed by atoms with van der Waals surface area (Å²) in [5.41, 5.74) is 3.03. The molecule has 33 heavy (non-hydrogen) atoms. The van der Waals surface area contributed by atoms with Gasteiger partial charge in [-0.05, 0) is 61.7 Å². The number of aryl methyl sites for hydroxylation is 1. The van der Waals surface area contributed by atoms with E-state index in [1.807, 2.05) is 25.1 Å². The summed E-state index contributed by atoms with van der Waals surface area (Å²) in [5, 5.41) is 5.21. The van der Waals surface area contributed by atoms with Crippen molar-refractivity contribution in [3.63, 3.8) is 0 Å². The van der Waals surface area contributed by atoms with E-state index in [2.05, 4.69) is 15.5 Å². The second-order valence-corrected chi connectivity index (χ2v) is 7.65. The first-order valence-corrected chi connectivity index (χ1v) is 10.7. The van der Waals surface area contributed by atoms with Crippen LogP contribution in [0.3, 0.4) is 0 Å². The van der Waals surface area contributed by atoms with Crippen LogP contribution in [0.4, 0.5) is 11.4 Å². The van der Waals surface area contributed by atoms with E-state index in [1.165, 1.54) is 33.1 Å². The van der Waals surface area contributed by atoms with Crippen LogP contribution in [0.2, 0.25) is 0 Å². The van der Waals surface area contributed by atoms with Crippen LogP contribution in [-0.4, -0.2) is 58.2 Å². The molecule has 0 atom stereocenters. The highest BCUT2D eigenvalue weighted by atomic mass is 16.5. The quantitative estimate of drug-likeness (QED) is 0.560. The second-order valence-electron chi connectivity index (χ2n) is 7.65. The summed E-state index contributed by atoms with van der Waals surface area (Å²) < 4.78 is 15.3. The van der Waals surface area contributed by atoms with Crippen molar-refractivity contribution < 1.29 is 28.6 Å². The van der Waals surface area contributed by atoms with E-state index in [9.17, 15) is 14.4 Å². The first-order chi connectivity index (χ1) is 15.9. The summed E-state index contributed by atoms with van der Waals surface area (Å²) >= 11 is 0. The first kappa shape index (κ1) is 23.9. The molecule has 1 heterocycles. The number of amides is 2.